The quantitative estimate of drug-likeness (QED) is 0.790. The van der Waals surface area contributed by atoms with Gasteiger partial charge in [0.2, 0.25) is 0 Å². The average molecular weight is 264 g/mol. The van der Waals surface area contributed by atoms with E-state index in [1.165, 1.54) is 0 Å². The lowest BCUT2D eigenvalue weighted by atomic mass is 9.80. The van der Waals surface area contributed by atoms with E-state index < -0.39 is 0 Å². The topological polar surface area (TPSA) is 54.2 Å². The molecule has 19 heavy (non-hydrogen) atoms. The van der Waals surface area contributed by atoms with Crippen molar-refractivity contribution in [3.05, 3.63) is 24.0 Å². The van der Waals surface area contributed by atoms with Crippen LogP contribution in [0.2, 0.25) is 0 Å². The lowest BCUT2D eigenvalue weighted by Crippen LogP contribution is -2.58. The summed E-state index contributed by atoms with van der Waals surface area (Å²) in [5, 5.41) is 3.48. The van der Waals surface area contributed by atoms with Gasteiger partial charge in [-0.15, -0.1) is 0 Å². The molecule has 4 heteroatoms. The molecule has 1 unspecified atom stereocenters. The molecule has 1 rings (SSSR count). The molecule has 4 nitrogen and oxygen atoms in total. The van der Waals surface area contributed by atoms with Gasteiger partial charge in [0.25, 0.3) is 0 Å². The largest absolute Gasteiger partial charge is 0.398 e. The lowest BCUT2D eigenvalue weighted by Gasteiger charge is -2.45. The van der Waals surface area contributed by atoms with Gasteiger partial charge in [-0.25, -0.2) is 0 Å². The second kappa shape index (κ2) is 6.87. The molecule has 0 aromatic carbocycles. The maximum Gasteiger partial charge on any atom is 0.0378 e. The van der Waals surface area contributed by atoms with Crippen LogP contribution in [0.4, 0.5) is 5.69 Å². The summed E-state index contributed by atoms with van der Waals surface area (Å²) in [6, 6.07) is 2.22. The number of nitrogen functional groups attached to an aromatic ring is 1. The zero-order valence-corrected chi connectivity index (χ0v) is 12.9. The maximum atomic E-state index is 6.04. The zero-order chi connectivity index (χ0) is 14.5. The molecule has 0 saturated heterocycles. The molecule has 1 aromatic rings. The van der Waals surface area contributed by atoms with Crippen LogP contribution in [0.15, 0.2) is 18.5 Å². The summed E-state index contributed by atoms with van der Waals surface area (Å²) in [6.07, 6.45) is 6.72. The van der Waals surface area contributed by atoms with Gasteiger partial charge in [-0.05, 0) is 52.0 Å². The van der Waals surface area contributed by atoms with Gasteiger partial charge < -0.3 is 16.0 Å². The summed E-state index contributed by atoms with van der Waals surface area (Å²) in [5.41, 5.74) is 8.13. The van der Waals surface area contributed by atoms with Gasteiger partial charge in [0.05, 0.1) is 0 Å². The van der Waals surface area contributed by atoms with Crippen LogP contribution >= 0.6 is 0 Å². The van der Waals surface area contributed by atoms with Gasteiger partial charge in [0.1, 0.15) is 0 Å². The molecule has 0 fully saturated rings. The van der Waals surface area contributed by atoms with Gasteiger partial charge in [0.15, 0.2) is 0 Å². The highest BCUT2D eigenvalue weighted by Gasteiger charge is 2.37. The number of pyridine rings is 1. The molecule has 0 bridgehead atoms. The molecule has 1 aromatic heterocycles. The predicted octanol–water partition coefficient (Wildman–Crippen LogP) is 1.91. The molecular weight excluding hydrogens is 236 g/mol. The number of hydrogen-bond donors (Lipinski definition) is 2. The maximum absolute atomic E-state index is 6.04. The van der Waals surface area contributed by atoms with E-state index in [4.69, 9.17) is 5.73 Å². The standard InChI is InChI=1S/C15H28N4/c1-6-15(7-2,19(4)5)14(17-3)10-12-11-18-9-8-13(12)16/h8-9,11,14,17H,6-7,10H2,1-5H3,(H2,16,18). The minimum Gasteiger partial charge on any atom is -0.398 e. The molecule has 0 aliphatic carbocycles. The summed E-state index contributed by atoms with van der Waals surface area (Å²) in [6.45, 7) is 4.50. The average Bonchev–Trinajstić information content (AvgIpc) is 2.41. The van der Waals surface area contributed by atoms with E-state index in [-0.39, 0.29) is 5.54 Å². The van der Waals surface area contributed by atoms with Gasteiger partial charge in [0, 0.05) is 29.7 Å². The number of likely N-dealkylation sites (N-methyl/N-ethyl adjacent to an activating group) is 2. The first-order chi connectivity index (χ1) is 9.01. The SMILES string of the molecule is CCC(CC)(C(Cc1cnccc1N)NC)N(C)C. The Hall–Kier alpha value is -1.13. The monoisotopic (exact) mass is 264 g/mol. The Morgan fingerprint density at radius 2 is 2.00 bits per heavy atom. The number of nitrogens with one attached hydrogen (secondary N) is 1. The number of nitrogens with zero attached hydrogens (tertiary/aromatic N) is 2. The van der Waals surface area contributed by atoms with Crippen molar-refractivity contribution in [1.29, 1.82) is 0 Å². The van der Waals surface area contributed by atoms with Crippen molar-refractivity contribution in [3.8, 4) is 0 Å². The first-order valence-electron chi connectivity index (χ1n) is 7.04. The fourth-order valence-electron chi connectivity index (χ4n) is 3.08. The molecule has 3 N–H and O–H groups in total. The molecule has 0 aliphatic heterocycles. The van der Waals surface area contributed by atoms with E-state index >= 15 is 0 Å². The second-order valence-corrected chi connectivity index (χ2v) is 5.32. The van der Waals surface area contributed by atoms with E-state index in [1.54, 1.807) is 6.20 Å². The molecule has 0 amide bonds. The van der Waals surface area contributed by atoms with E-state index in [1.807, 2.05) is 19.3 Å². The number of hydrogen-bond acceptors (Lipinski definition) is 4. The summed E-state index contributed by atoms with van der Waals surface area (Å²) < 4.78 is 0. The Labute approximate surface area is 117 Å². The van der Waals surface area contributed by atoms with Gasteiger partial charge in [-0.1, -0.05) is 13.8 Å². The summed E-state index contributed by atoms with van der Waals surface area (Å²) in [7, 11) is 6.34. The second-order valence-electron chi connectivity index (χ2n) is 5.32. The Morgan fingerprint density at radius 3 is 2.42 bits per heavy atom. The zero-order valence-electron chi connectivity index (χ0n) is 12.9. The third-order valence-corrected chi connectivity index (χ3v) is 4.48. The highest BCUT2D eigenvalue weighted by molar-refractivity contribution is 5.44. The highest BCUT2D eigenvalue weighted by Crippen LogP contribution is 2.28. The fourth-order valence-corrected chi connectivity index (χ4v) is 3.08. The molecule has 0 spiro atoms. The minimum absolute atomic E-state index is 0.136. The molecule has 0 radical (unpaired) electrons. The van der Waals surface area contributed by atoms with Crippen LogP contribution in [-0.2, 0) is 6.42 Å². The number of aromatic nitrogens is 1. The summed E-state index contributed by atoms with van der Waals surface area (Å²) >= 11 is 0. The van der Waals surface area contributed by atoms with Crippen LogP contribution in [0.1, 0.15) is 32.3 Å². The summed E-state index contributed by atoms with van der Waals surface area (Å²) in [4.78, 5) is 6.52. The Morgan fingerprint density at radius 1 is 1.37 bits per heavy atom. The smallest absolute Gasteiger partial charge is 0.0378 e. The van der Waals surface area contributed by atoms with Crippen molar-refractivity contribution in [2.75, 3.05) is 26.9 Å². The summed E-state index contributed by atoms with van der Waals surface area (Å²) in [5.74, 6) is 0. The number of rotatable bonds is 7. The van der Waals surface area contributed by atoms with Crippen molar-refractivity contribution in [2.45, 2.75) is 44.7 Å². The van der Waals surface area contributed by atoms with Crippen LogP contribution in [0.3, 0.4) is 0 Å². The molecule has 1 atom stereocenters. The van der Waals surface area contributed by atoms with Crippen molar-refractivity contribution >= 4 is 5.69 Å². The fraction of sp³-hybridized carbons (Fsp3) is 0.667. The third kappa shape index (κ3) is 3.25. The van der Waals surface area contributed by atoms with E-state index in [2.05, 4.69) is 43.1 Å². The normalized spacial score (nSPS) is 13.8. The van der Waals surface area contributed by atoms with Crippen LogP contribution in [-0.4, -0.2) is 42.6 Å². The van der Waals surface area contributed by atoms with Crippen molar-refractivity contribution in [3.63, 3.8) is 0 Å². The number of anilines is 1. The Bertz CT molecular complexity index is 385. The first-order valence-corrected chi connectivity index (χ1v) is 7.04. The molecule has 108 valence electrons. The van der Waals surface area contributed by atoms with Crippen LogP contribution in [0.25, 0.3) is 0 Å². The van der Waals surface area contributed by atoms with E-state index in [0.717, 1.165) is 30.5 Å². The van der Waals surface area contributed by atoms with Crippen LogP contribution in [0.5, 0.6) is 0 Å². The number of nitrogens with two attached hydrogens (primary N) is 1. The van der Waals surface area contributed by atoms with Crippen molar-refractivity contribution in [1.82, 2.24) is 15.2 Å². The third-order valence-electron chi connectivity index (χ3n) is 4.48. The van der Waals surface area contributed by atoms with E-state index in [0.29, 0.717) is 6.04 Å². The van der Waals surface area contributed by atoms with Gasteiger partial charge in [-0.3, -0.25) is 4.98 Å². The molecule has 0 aliphatic rings. The molecule has 1 heterocycles. The van der Waals surface area contributed by atoms with Crippen molar-refractivity contribution in [2.24, 2.45) is 0 Å². The highest BCUT2D eigenvalue weighted by atomic mass is 15.2. The minimum atomic E-state index is 0.136. The van der Waals surface area contributed by atoms with Crippen LogP contribution in [0, 0.1) is 0 Å². The molecule has 0 saturated carbocycles. The Kier molecular flexibility index (Phi) is 5.76. The van der Waals surface area contributed by atoms with Gasteiger partial charge in [-0.2, -0.15) is 0 Å². The van der Waals surface area contributed by atoms with E-state index in [9.17, 15) is 0 Å². The van der Waals surface area contributed by atoms with Gasteiger partial charge >= 0.3 is 0 Å². The predicted molar refractivity (Wildman–Crippen MR) is 82.2 cm³/mol. The van der Waals surface area contributed by atoms with Crippen molar-refractivity contribution < 1.29 is 0 Å². The Balaban J connectivity index is 3.02. The van der Waals surface area contributed by atoms with Crippen LogP contribution < -0.4 is 11.1 Å². The molecular formula is C15H28N4. The lowest BCUT2D eigenvalue weighted by molar-refractivity contribution is 0.0918. The first kappa shape index (κ1) is 15.9.